The Balaban J connectivity index is 1.87. The summed E-state index contributed by atoms with van der Waals surface area (Å²) in [4.78, 5) is 13.6. The van der Waals surface area contributed by atoms with E-state index in [-0.39, 0.29) is 12.0 Å². The monoisotopic (exact) mass is 287 g/mol. The quantitative estimate of drug-likeness (QED) is 0.928. The lowest BCUT2D eigenvalue weighted by Crippen LogP contribution is -2.29. The van der Waals surface area contributed by atoms with Crippen molar-refractivity contribution in [1.82, 2.24) is 4.90 Å². The summed E-state index contributed by atoms with van der Waals surface area (Å²) in [6.45, 7) is 1.11. The van der Waals surface area contributed by atoms with Crippen molar-refractivity contribution in [2.24, 2.45) is 0 Å². The van der Waals surface area contributed by atoms with Crippen molar-refractivity contribution in [2.45, 2.75) is 25.4 Å². The van der Waals surface area contributed by atoms with Gasteiger partial charge in [-0.05, 0) is 30.5 Å². The lowest BCUT2D eigenvalue weighted by Gasteiger charge is -2.15. The van der Waals surface area contributed by atoms with E-state index in [1.165, 1.54) is 0 Å². The Hall–Kier alpha value is -0.770. The molecule has 1 N–H and O–H groups in total. The van der Waals surface area contributed by atoms with Crippen molar-refractivity contribution < 1.29 is 9.90 Å². The van der Waals surface area contributed by atoms with Gasteiger partial charge in [0, 0.05) is 19.5 Å². The van der Waals surface area contributed by atoms with Gasteiger partial charge in [-0.1, -0.05) is 29.3 Å². The van der Waals surface area contributed by atoms with Gasteiger partial charge in [0.25, 0.3) is 0 Å². The number of halogens is 2. The Morgan fingerprint density at radius 2 is 2.17 bits per heavy atom. The highest BCUT2D eigenvalue weighted by Crippen LogP contribution is 2.23. The lowest BCUT2D eigenvalue weighted by molar-refractivity contribution is -0.130. The highest BCUT2D eigenvalue weighted by molar-refractivity contribution is 6.42. The number of aliphatic hydroxyl groups is 1. The van der Waals surface area contributed by atoms with Gasteiger partial charge < -0.3 is 10.0 Å². The summed E-state index contributed by atoms with van der Waals surface area (Å²) in [5.41, 5.74) is 0.998. The second kappa shape index (κ2) is 5.91. The number of amides is 1. The molecule has 0 aromatic heterocycles. The van der Waals surface area contributed by atoms with Crippen molar-refractivity contribution in [3.05, 3.63) is 33.8 Å². The van der Waals surface area contributed by atoms with Crippen LogP contribution in [0.2, 0.25) is 10.0 Å². The van der Waals surface area contributed by atoms with Gasteiger partial charge in [-0.3, -0.25) is 4.79 Å². The molecule has 1 amide bonds. The zero-order chi connectivity index (χ0) is 13.1. The summed E-state index contributed by atoms with van der Waals surface area (Å²) in [7, 11) is 0. The van der Waals surface area contributed by atoms with Gasteiger partial charge in [-0.15, -0.1) is 0 Å². The first-order valence-electron chi connectivity index (χ1n) is 5.96. The summed E-state index contributed by atoms with van der Waals surface area (Å²) < 4.78 is 0. The molecule has 98 valence electrons. The van der Waals surface area contributed by atoms with Crippen LogP contribution in [0.4, 0.5) is 0 Å². The molecule has 1 aromatic rings. The van der Waals surface area contributed by atoms with Crippen LogP contribution in [0.25, 0.3) is 0 Å². The molecule has 1 aromatic carbocycles. The Morgan fingerprint density at radius 3 is 2.78 bits per heavy atom. The SMILES string of the molecule is O=C(CCc1ccc(Cl)c(Cl)c1)N1CC[C@@H](O)C1. The fraction of sp³-hybridized carbons (Fsp3) is 0.462. The van der Waals surface area contributed by atoms with E-state index in [1.807, 2.05) is 6.07 Å². The number of aliphatic hydroxyl groups excluding tert-OH is 1. The molecule has 1 atom stereocenters. The number of aryl methyl sites for hydroxylation is 1. The molecule has 0 bridgehead atoms. The molecular weight excluding hydrogens is 273 g/mol. The number of carbonyl (C=O) groups excluding carboxylic acids is 1. The number of rotatable bonds is 3. The summed E-state index contributed by atoms with van der Waals surface area (Å²) in [5, 5.41) is 10.4. The molecule has 0 aliphatic carbocycles. The second-order valence-corrected chi connectivity index (χ2v) is 5.35. The van der Waals surface area contributed by atoms with Gasteiger partial charge >= 0.3 is 0 Å². The van der Waals surface area contributed by atoms with Crippen LogP contribution < -0.4 is 0 Å². The fourth-order valence-electron chi connectivity index (χ4n) is 2.07. The molecule has 1 saturated heterocycles. The topological polar surface area (TPSA) is 40.5 Å². The number of likely N-dealkylation sites (tertiary alicyclic amines) is 1. The first-order chi connectivity index (χ1) is 8.56. The molecule has 18 heavy (non-hydrogen) atoms. The maximum atomic E-state index is 11.9. The van der Waals surface area contributed by atoms with E-state index in [4.69, 9.17) is 23.2 Å². The maximum absolute atomic E-state index is 11.9. The second-order valence-electron chi connectivity index (χ2n) is 4.53. The molecule has 1 aliphatic heterocycles. The number of hydrogen-bond acceptors (Lipinski definition) is 2. The van der Waals surface area contributed by atoms with Gasteiger partial charge in [0.15, 0.2) is 0 Å². The molecule has 0 saturated carbocycles. The van der Waals surface area contributed by atoms with Crippen LogP contribution in [-0.4, -0.2) is 35.1 Å². The summed E-state index contributed by atoms with van der Waals surface area (Å²) in [6.07, 6.45) is 1.39. The Kier molecular flexibility index (Phi) is 4.49. The van der Waals surface area contributed by atoms with Gasteiger partial charge in [0.1, 0.15) is 0 Å². The smallest absolute Gasteiger partial charge is 0.222 e. The van der Waals surface area contributed by atoms with Crippen molar-refractivity contribution in [2.75, 3.05) is 13.1 Å². The van der Waals surface area contributed by atoms with Crippen LogP contribution in [0.3, 0.4) is 0 Å². The minimum atomic E-state index is -0.362. The highest BCUT2D eigenvalue weighted by Gasteiger charge is 2.23. The van der Waals surface area contributed by atoms with E-state index in [9.17, 15) is 9.90 Å². The Labute approximate surface area is 116 Å². The number of β-amino-alcohol motifs (C(OH)–C–C–N with tert-alkyl or cyclic N) is 1. The van der Waals surface area contributed by atoms with Crippen molar-refractivity contribution in [3.8, 4) is 0 Å². The Morgan fingerprint density at radius 1 is 1.39 bits per heavy atom. The molecule has 1 heterocycles. The van der Waals surface area contributed by atoms with Gasteiger partial charge in [-0.25, -0.2) is 0 Å². The van der Waals surface area contributed by atoms with E-state index in [0.717, 1.165) is 5.56 Å². The van der Waals surface area contributed by atoms with E-state index in [0.29, 0.717) is 42.4 Å². The van der Waals surface area contributed by atoms with Gasteiger partial charge in [0.05, 0.1) is 16.1 Å². The molecule has 3 nitrogen and oxygen atoms in total. The molecule has 5 heteroatoms. The predicted molar refractivity (Wildman–Crippen MR) is 72.0 cm³/mol. The molecule has 0 spiro atoms. The average Bonchev–Trinajstić information content (AvgIpc) is 2.77. The third-order valence-corrected chi connectivity index (χ3v) is 3.87. The fourth-order valence-corrected chi connectivity index (χ4v) is 2.39. The highest BCUT2D eigenvalue weighted by atomic mass is 35.5. The normalized spacial score (nSPS) is 19.3. The standard InChI is InChI=1S/C13H15Cl2NO2/c14-11-3-1-9(7-12(11)15)2-4-13(18)16-6-5-10(17)8-16/h1,3,7,10,17H,2,4-6,8H2/t10-/m1/s1. The first kappa shape index (κ1) is 13.7. The van der Waals surface area contributed by atoms with Crippen LogP contribution in [0.5, 0.6) is 0 Å². The average molecular weight is 288 g/mol. The summed E-state index contributed by atoms with van der Waals surface area (Å²) in [5.74, 6) is 0.0811. The summed E-state index contributed by atoms with van der Waals surface area (Å²) in [6, 6.07) is 5.40. The van der Waals surface area contributed by atoms with E-state index >= 15 is 0 Å². The third kappa shape index (κ3) is 3.37. The predicted octanol–water partition coefficient (Wildman–Crippen LogP) is 2.52. The molecule has 1 fully saturated rings. The first-order valence-corrected chi connectivity index (χ1v) is 6.71. The molecule has 0 radical (unpaired) electrons. The molecule has 1 aliphatic rings. The minimum Gasteiger partial charge on any atom is -0.391 e. The molecular formula is C13H15Cl2NO2. The minimum absolute atomic E-state index is 0.0811. The van der Waals surface area contributed by atoms with Crippen LogP contribution in [-0.2, 0) is 11.2 Å². The van der Waals surface area contributed by atoms with Crippen LogP contribution in [0, 0.1) is 0 Å². The van der Waals surface area contributed by atoms with Crippen LogP contribution >= 0.6 is 23.2 Å². The zero-order valence-electron chi connectivity index (χ0n) is 9.90. The Bertz CT molecular complexity index is 451. The van der Waals surface area contributed by atoms with Crippen LogP contribution in [0.15, 0.2) is 18.2 Å². The van der Waals surface area contributed by atoms with E-state index < -0.39 is 0 Å². The van der Waals surface area contributed by atoms with Crippen LogP contribution in [0.1, 0.15) is 18.4 Å². The molecule has 2 rings (SSSR count). The van der Waals surface area contributed by atoms with E-state index in [1.54, 1.807) is 17.0 Å². The number of benzene rings is 1. The van der Waals surface area contributed by atoms with E-state index in [2.05, 4.69) is 0 Å². The number of nitrogens with zero attached hydrogens (tertiary/aromatic N) is 1. The number of hydrogen-bond donors (Lipinski definition) is 1. The largest absolute Gasteiger partial charge is 0.391 e. The van der Waals surface area contributed by atoms with Crippen molar-refractivity contribution in [1.29, 1.82) is 0 Å². The summed E-state index contributed by atoms with van der Waals surface area (Å²) >= 11 is 11.7. The number of carbonyl (C=O) groups is 1. The van der Waals surface area contributed by atoms with Gasteiger partial charge in [0.2, 0.25) is 5.91 Å². The van der Waals surface area contributed by atoms with Crippen molar-refractivity contribution >= 4 is 29.1 Å². The lowest BCUT2D eigenvalue weighted by atomic mass is 10.1. The third-order valence-electron chi connectivity index (χ3n) is 3.13. The van der Waals surface area contributed by atoms with Crippen molar-refractivity contribution in [3.63, 3.8) is 0 Å². The zero-order valence-corrected chi connectivity index (χ0v) is 11.4. The maximum Gasteiger partial charge on any atom is 0.222 e. The molecule has 0 unspecified atom stereocenters. The van der Waals surface area contributed by atoms with Gasteiger partial charge in [-0.2, -0.15) is 0 Å².